The topological polar surface area (TPSA) is 60.1 Å². The number of furan rings is 1. The van der Waals surface area contributed by atoms with E-state index in [4.69, 9.17) is 4.42 Å². The maximum absolute atomic E-state index is 11.8. The fourth-order valence-corrected chi connectivity index (χ4v) is 2.85. The second kappa shape index (κ2) is 5.83. The molecule has 6 heteroatoms. The fourth-order valence-electron chi connectivity index (χ4n) is 2.55. The lowest BCUT2D eigenvalue weighted by Gasteiger charge is -2.13. The van der Waals surface area contributed by atoms with E-state index in [0.717, 1.165) is 12.8 Å². The van der Waals surface area contributed by atoms with Crippen molar-refractivity contribution in [2.45, 2.75) is 32.2 Å². The van der Waals surface area contributed by atoms with E-state index in [-0.39, 0.29) is 5.91 Å². The number of fused-ring (bicyclic) bond motifs is 1. The van der Waals surface area contributed by atoms with Gasteiger partial charge in [-0.05, 0) is 59.3 Å². The van der Waals surface area contributed by atoms with E-state index in [9.17, 15) is 4.79 Å². The van der Waals surface area contributed by atoms with Crippen LogP contribution in [0.1, 0.15) is 34.7 Å². The number of nitrogens with zero attached hydrogens (tertiary/aromatic N) is 2. The minimum atomic E-state index is -0.197. The Morgan fingerprint density at radius 1 is 1.40 bits per heavy atom. The van der Waals surface area contributed by atoms with Gasteiger partial charge in [0.1, 0.15) is 0 Å². The number of halogens is 1. The van der Waals surface area contributed by atoms with Crippen molar-refractivity contribution in [3.63, 3.8) is 0 Å². The van der Waals surface area contributed by atoms with Crippen LogP contribution in [0.15, 0.2) is 27.4 Å². The molecule has 5 nitrogen and oxygen atoms in total. The molecule has 1 aliphatic carbocycles. The molecule has 0 aliphatic heterocycles. The molecule has 106 valence electrons. The third-order valence-corrected chi connectivity index (χ3v) is 3.98. The van der Waals surface area contributed by atoms with Crippen LogP contribution < -0.4 is 5.32 Å². The van der Waals surface area contributed by atoms with Crippen molar-refractivity contribution in [2.24, 2.45) is 0 Å². The summed E-state index contributed by atoms with van der Waals surface area (Å²) < 4.78 is 7.77. The van der Waals surface area contributed by atoms with Gasteiger partial charge in [0, 0.05) is 12.2 Å². The highest BCUT2D eigenvalue weighted by molar-refractivity contribution is 9.10. The molecular formula is C14H16BrN3O2. The van der Waals surface area contributed by atoms with Crippen LogP contribution in [0.5, 0.6) is 0 Å². The highest BCUT2D eigenvalue weighted by atomic mass is 79.9. The zero-order valence-electron chi connectivity index (χ0n) is 11.1. The zero-order valence-corrected chi connectivity index (χ0v) is 12.6. The molecule has 0 radical (unpaired) electrons. The number of hydrogen-bond donors (Lipinski definition) is 1. The SMILES string of the molecule is O=C(NCCn1ncc2c1CCCC2)c1ccc(Br)o1. The van der Waals surface area contributed by atoms with Crippen molar-refractivity contribution in [3.05, 3.63) is 40.0 Å². The van der Waals surface area contributed by atoms with Gasteiger partial charge in [0.15, 0.2) is 10.4 Å². The molecular weight excluding hydrogens is 322 g/mol. The summed E-state index contributed by atoms with van der Waals surface area (Å²) >= 11 is 3.18. The molecule has 0 saturated carbocycles. The van der Waals surface area contributed by atoms with E-state index in [1.54, 1.807) is 12.1 Å². The molecule has 0 atom stereocenters. The maximum atomic E-state index is 11.8. The average molecular weight is 338 g/mol. The fraction of sp³-hybridized carbons (Fsp3) is 0.429. The quantitative estimate of drug-likeness (QED) is 0.932. The molecule has 1 aliphatic rings. The number of aromatic nitrogens is 2. The molecule has 3 rings (SSSR count). The predicted molar refractivity (Wildman–Crippen MR) is 77.6 cm³/mol. The van der Waals surface area contributed by atoms with Crippen LogP contribution in [-0.4, -0.2) is 22.2 Å². The van der Waals surface area contributed by atoms with Gasteiger partial charge in [-0.15, -0.1) is 0 Å². The van der Waals surface area contributed by atoms with Crippen molar-refractivity contribution >= 4 is 21.8 Å². The maximum Gasteiger partial charge on any atom is 0.287 e. The van der Waals surface area contributed by atoms with Crippen molar-refractivity contribution in [2.75, 3.05) is 6.54 Å². The molecule has 0 unspecified atom stereocenters. The summed E-state index contributed by atoms with van der Waals surface area (Å²) in [5.41, 5.74) is 2.68. The summed E-state index contributed by atoms with van der Waals surface area (Å²) in [7, 11) is 0. The minimum absolute atomic E-state index is 0.197. The summed E-state index contributed by atoms with van der Waals surface area (Å²) in [6, 6.07) is 3.36. The first-order chi connectivity index (χ1) is 9.74. The molecule has 2 aromatic heterocycles. The van der Waals surface area contributed by atoms with E-state index in [2.05, 4.69) is 26.3 Å². The monoisotopic (exact) mass is 337 g/mol. The second-order valence-corrected chi connectivity index (χ2v) is 5.69. The molecule has 0 bridgehead atoms. The molecule has 2 aromatic rings. The Hall–Kier alpha value is -1.56. The smallest absolute Gasteiger partial charge is 0.287 e. The summed E-state index contributed by atoms with van der Waals surface area (Å²) in [6.45, 7) is 1.24. The van der Waals surface area contributed by atoms with Gasteiger partial charge < -0.3 is 9.73 Å². The van der Waals surface area contributed by atoms with E-state index < -0.39 is 0 Å². The van der Waals surface area contributed by atoms with Crippen LogP contribution >= 0.6 is 15.9 Å². The summed E-state index contributed by atoms with van der Waals surface area (Å²) in [5.74, 6) is 0.121. The standard InChI is InChI=1S/C14H16BrN3O2/c15-13-6-5-12(20-13)14(19)16-7-8-18-11-4-2-1-3-10(11)9-17-18/h5-6,9H,1-4,7-8H2,(H,16,19). The largest absolute Gasteiger partial charge is 0.444 e. The van der Waals surface area contributed by atoms with Gasteiger partial charge >= 0.3 is 0 Å². The van der Waals surface area contributed by atoms with E-state index in [1.807, 2.05) is 10.9 Å². The van der Waals surface area contributed by atoms with Crippen LogP contribution in [0.3, 0.4) is 0 Å². The van der Waals surface area contributed by atoms with Crippen LogP contribution in [0.4, 0.5) is 0 Å². The van der Waals surface area contributed by atoms with Gasteiger partial charge in [-0.2, -0.15) is 5.10 Å². The van der Waals surface area contributed by atoms with Crippen molar-refractivity contribution < 1.29 is 9.21 Å². The third kappa shape index (κ3) is 2.80. The Morgan fingerprint density at radius 3 is 3.05 bits per heavy atom. The van der Waals surface area contributed by atoms with Gasteiger partial charge in [-0.1, -0.05) is 0 Å². The lowest BCUT2D eigenvalue weighted by molar-refractivity contribution is 0.0923. The first-order valence-electron chi connectivity index (χ1n) is 6.81. The Kier molecular flexibility index (Phi) is 3.91. The summed E-state index contributed by atoms with van der Waals surface area (Å²) in [6.07, 6.45) is 6.66. The molecule has 1 N–H and O–H groups in total. The van der Waals surface area contributed by atoms with E-state index in [0.29, 0.717) is 23.5 Å². The zero-order chi connectivity index (χ0) is 13.9. The van der Waals surface area contributed by atoms with Gasteiger partial charge in [0.05, 0.1) is 12.7 Å². The molecule has 0 fully saturated rings. The summed E-state index contributed by atoms with van der Waals surface area (Å²) in [5, 5.41) is 7.25. The van der Waals surface area contributed by atoms with Crippen LogP contribution in [0.25, 0.3) is 0 Å². The predicted octanol–water partition coefficient (Wildman–Crippen LogP) is 2.55. The third-order valence-electron chi connectivity index (χ3n) is 3.55. The number of rotatable bonds is 4. The van der Waals surface area contributed by atoms with Crippen LogP contribution in [0, 0.1) is 0 Å². The molecule has 0 saturated heterocycles. The molecule has 0 aromatic carbocycles. The highest BCUT2D eigenvalue weighted by Crippen LogP contribution is 2.20. The van der Waals surface area contributed by atoms with E-state index in [1.165, 1.54) is 24.1 Å². The Morgan fingerprint density at radius 2 is 2.25 bits per heavy atom. The Labute approximate surface area is 125 Å². The lowest BCUT2D eigenvalue weighted by atomic mass is 9.98. The molecule has 1 amide bonds. The second-order valence-electron chi connectivity index (χ2n) is 4.91. The van der Waals surface area contributed by atoms with Crippen LogP contribution in [0.2, 0.25) is 0 Å². The van der Waals surface area contributed by atoms with Gasteiger partial charge in [0.25, 0.3) is 5.91 Å². The number of hydrogen-bond acceptors (Lipinski definition) is 3. The molecule has 2 heterocycles. The van der Waals surface area contributed by atoms with Gasteiger partial charge in [-0.3, -0.25) is 9.48 Å². The number of carbonyl (C=O) groups excluding carboxylic acids is 1. The van der Waals surface area contributed by atoms with Gasteiger partial charge in [-0.25, -0.2) is 0 Å². The minimum Gasteiger partial charge on any atom is -0.444 e. The molecule has 0 spiro atoms. The van der Waals surface area contributed by atoms with Crippen molar-refractivity contribution in [3.8, 4) is 0 Å². The lowest BCUT2D eigenvalue weighted by Crippen LogP contribution is -2.27. The number of carbonyl (C=O) groups is 1. The van der Waals surface area contributed by atoms with E-state index >= 15 is 0 Å². The Bertz CT molecular complexity index is 618. The van der Waals surface area contributed by atoms with Crippen molar-refractivity contribution in [1.82, 2.24) is 15.1 Å². The average Bonchev–Trinajstić information content (AvgIpc) is 3.06. The molecule has 20 heavy (non-hydrogen) atoms. The first-order valence-corrected chi connectivity index (χ1v) is 7.60. The highest BCUT2D eigenvalue weighted by Gasteiger charge is 2.15. The number of aryl methyl sites for hydroxylation is 1. The first kappa shape index (κ1) is 13.4. The van der Waals surface area contributed by atoms with Crippen molar-refractivity contribution in [1.29, 1.82) is 0 Å². The van der Waals surface area contributed by atoms with Crippen LogP contribution in [-0.2, 0) is 19.4 Å². The number of nitrogens with one attached hydrogen (secondary N) is 1. The Balaban J connectivity index is 1.55. The number of amides is 1. The normalized spacial score (nSPS) is 14.1. The van der Waals surface area contributed by atoms with Gasteiger partial charge in [0.2, 0.25) is 0 Å². The summed E-state index contributed by atoms with van der Waals surface area (Å²) in [4.78, 5) is 11.8.